The molecule has 1 fully saturated rings. The Balaban J connectivity index is 1.56. The number of aryl methyl sites for hydroxylation is 1. The fraction of sp³-hybridized carbons (Fsp3) is 0.222. The highest BCUT2D eigenvalue weighted by Gasteiger charge is 2.32. The van der Waals surface area contributed by atoms with Crippen molar-refractivity contribution in [2.75, 3.05) is 18.0 Å². The van der Waals surface area contributed by atoms with Crippen LogP contribution in [0.25, 0.3) is 27.9 Å². The summed E-state index contributed by atoms with van der Waals surface area (Å²) in [6.45, 7) is 2.44. The zero-order valence-corrected chi connectivity index (χ0v) is 20.4. The molecule has 5 rings (SSSR count). The third-order valence-corrected chi connectivity index (χ3v) is 6.89. The maximum Gasteiger partial charge on any atom is 0.332 e. The van der Waals surface area contributed by atoms with Crippen molar-refractivity contribution in [3.63, 3.8) is 0 Å². The van der Waals surface area contributed by atoms with Crippen molar-refractivity contribution in [1.29, 1.82) is 0 Å². The predicted molar refractivity (Wildman–Crippen MR) is 136 cm³/mol. The van der Waals surface area contributed by atoms with Gasteiger partial charge in [-0.15, -0.1) is 0 Å². The Morgan fingerprint density at radius 1 is 0.972 bits per heavy atom. The van der Waals surface area contributed by atoms with E-state index in [1.807, 2.05) is 0 Å². The van der Waals surface area contributed by atoms with Gasteiger partial charge in [-0.2, -0.15) is 0 Å². The number of phenolic OH excluding ortho intramolecular Hbond substituents is 1. The zero-order valence-electron chi connectivity index (χ0n) is 19.7. The second kappa shape index (κ2) is 8.80. The molecule has 36 heavy (non-hydrogen) atoms. The van der Waals surface area contributed by atoms with Crippen molar-refractivity contribution in [3.05, 3.63) is 88.1 Å². The van der Waals surface area contributed by atoms with E-state index in [1.165, 1.54) is 33.4 Å². The number of aliphatic hydroxyl groups is 1. The number of hydrogen-bond acceptors (Lipinski definition) is 4. The van der Waals surface area contributed by atoms with Crippen LogP contribution in [0.1, 0.15) is 13.3 Å². The molecule has 1 aromatic heterocycles. The molecule has 0 amide bonds. The molecule has 0 saturated carbocycles. The maximum absolute atomic E-state index is 14.8. The summed E-state index contributed by atoms with van der Waals surface area (Å²) in [4.78, 5) is 14.0. The van der Waals surface area contributed by atoms with Crippen LogP contribution in [0.3, 0.4) is 0 Å². The molecule has 3 aromatic carbocycles. The first-order valence-corrected chi connectivity index (χ1v) is 11.8. The van der Waals surface area contributed by atoms with Crippen molar-refractivity contribution in [1.82, 2.24) is 9.13 Å². The number of rotatable bonds is 4. The Morgan fingerprint density at radius 3 is 2.22 bits per heavy atom. The van der Waals surface area contributed by atoms with Crippen LogP contribution in [0.15, 0.2) is 65.7 Å². The number of imidazole rings is 1. The van der Waals surface area contributed by atoms with E-state index in [-0.39, 0.29) is 39.8 Å². The van der Waals surface area contributed by atoms with Crippen LogP contribution in [0.2, 0.25) is 5.02 Å². The second-order valence-corrected chi connectivity index (χ2v) is 9.82. The Bertz CT molecular complexity index is 1540. The molecule has 1 aliphatic rings. The highest BCUT2D eigenvalue weighted by Crippen LogP contribution is 2.42. The zero-order chi connectivity index (χ0) is 25.8. The fourth-order valence-electron chi connectivity index (χ4n) is 4.63. The summed E-state index contributed by atoms with van der Waals surface area (Å²) in [5.41, 5.74) is 0.798. The number of aromatic nitrogens is 2. The quantitative estimate of drug-likeness (QED) is 0.399. The molecule has 0 spiro atoms. The highest BCUT2D eigenvalue weighted by molar-refractivity contribution is 6.32. The van der Waals surface area contributed by atoms with Gasteiger partial charge in [-0.1, -0.05) is 23.7 Å². The summed E-state index contributed by atoms with van der Waals surface area (Å²) in [5, 5.41) is 21.7. The van der Waals surface area contributed by atoms with Crippen LogP contribution in [-0.4, -0.2) is 38.0 Å². The number of β-amino-alcohol motifs (C(OH)–C–C–N with tert-alkyl or cyclic N) is 1. The minimum Gasteiger partial charge on any atom is -0.507 e. The van der Waals surface area contributed by atoms with Gasteiger partial charge in [-0.05, 0) is 60.9 Å². The topological polar surface area (TPSA) is 70.6 Å². The predicted octanol–water partition coefficient (Wildman–Crippen LogP) is 5.11. The van der Waals surface area contributed by atoms with E-state index in [4.69, 9.17) is 11.6 Å². The number of anilines is 1. The first-order chi connectivity index (χ1) is 17.0. The van der Waals surface area contributed by atoms with E-state index in [0.29, 0.717) is 29.8 Å². The fourth-order valence-corrected chi connectivity index (χ4v) is 4.90. The number of benzene rings is 3. The summed E-state index contributed by atoms with van der Waals surface area (Å²) >= 11 is 6.47. The van der Waals surface area contributed by atoms with Crippen molar-refractivity contribution in [2.24, 2.45) is 7.05 Å². The smallest absolute Gasteiger partial charge is 0.332 e. The summed E-state index contributed by atoms with van der Waals surface area (Å²) in [6.07, 6.45) is 3.70. The van der Waals surface area contributed by atoms with E-state index in [2.05, 4.69) is 0 Å². The highest BCUT2D eigenvalue weighted by atomic mass is 35.5. The molecule has 4 aromatic rings. The lowest BCUT2D eigenvalue weighted by Gasteiger charge is -2.22. The molecule has 0 bridgehead atoms. The summed E-state index contributed by atoms with van der Waals surface area (Å²) < 4.78 is 32.2. The molecule has 0 radical (unpaired) electrons. The lowest BCUT2D eigenvalue weighted by atomic mass is 9.96. The van der Waals surface area contributed by atoms with Gasteiger partial charge in [0.25, 0.3) is 0 Å². The third-order valence-electron chi connectivity index (χ3n) is 6.59. The summed E-state index contributed by atoms with van der Waals surface area (Å²) in [6, 6.07) is 11.5. The lowest BCUT2D eigenvalue weighted by Crippen LogP contribution is -2.30. The number of nitrogens with zero attached hydrogens (tertiary/aromatic N) is 3. The molecule has 9 heteroatoms. The number of hydrogen-bond donors (Lipinski definition) is 2. The van der Waals surface area contributed by atoms with E-state index < -0.39 is 17.2 Å². The van der Waals surface area contributed by atoms with Crippen molar-refractivity contribution in [2.45, 2.75) is 18.9 Å². The van der Waals surface area contributed by atoms with Gasteiger partial charge >= 0.3 is 5.69 Å². The van der Waals surface area contributed by atoms with E-state index in [1.54, 1.807) is 55.5 Å². The van der Waals surface area contributed by atoms with Crippen LogP contribution in [-0.2, 0) is 7.05 Å². The molecule has 1 atom stereocenters. The van der Waals surface area contributed by atoms with Gasteiger partial charge in [0, 0.05) is 43.7 Å². The van der Waals surface area contributed by atoms with Gasteiger partial charge in [-0.3, -0.25) is 4.57 Å². The van der Waals surface area contributed by atoms with Crippen LogP contribution >= 0.6 is 11.6 Å². The lowest BCUT2D eigenvalue weighted by molar-refractivity contribution is 0.0839. The Morgan fingerprint density at radius 2 is 1.64 bits per heavy atom. The largest absolute Gasteiger partial charge is 0.507 e. The molecule has 6 nitrogen and oxygen atoms in total. The Labute approximate surface area is 211 Å². The van der Waals surface area contributed by atoms with Crippen molar-refractivity contribution in [3.8, 4) is 33.7 Å². The second-order valence-electron chi connectivity index (χ2n) is 9.41. The number of halogens is 3. The normalized spacial score (nSPS) is 17.7. The number of aromatic hydroxyl groups is 1. The first kappa shape index (κ1) is 24.1. The van der Waals surface area contributed by atoms with Gasteiger partial charge in [0.2, 0.25) is 0 Å². The third kappa shape index (κ3) is 4.27. The Hall–Kier alpha value is -3.62. The molecule has 186 valence electrons. The maximum atomic E-state index is 14.8. The summed E-state index contributed by atoms with van der Waals surface area (Å²) in [7, 11) is 1.63. The first-order valence-electron chi connectivity index (χ1n) is 11.4. The molecule has 1 saturated heterocycles. The Kier molecular flexibility index (Phi) is 5.89. The SMILES string of the molecule is Cn1ccn(-c2ccc(-c3cc(F)cc(-c4ccc(F)c(N5CC[C@@](C)(O)C5)c4)c3O)cc2Cl)c1=O. The molecular weight excluding hydrogens is 488 g/mol. The van der Waals surface area contributed by atoms with E-state index >= 15 is 0 Å². The van der Waals surface area contributed by atoms with E-state index in [9.17, 15) is 23.8 Å². The molecule has 1 aliphatic heterocycles. The average molecular weight is 512 g/mol. The standard InChI is InChI=1S/C27H24ClF2N3O3/c1-27(36)7-8-32(15-27)24-12-17(3-5-22(24)30)20-14-18(29)13-19(25(20)34)16-4-6-23(21(28)11-16)33-10-9-31(2)26(33)35/h3-6,9-14,34,36H,7-8,15H2,1-2H3/t27-/m1/s1. The van der Waals surface area contributed by atoms with Gasteiger partial charge in [0.1, 0.15) is 17.4 Å². The minimum atomic E-state index is -0.924. The summed E-state index contributed by atoms with van der Waals surface area (Å²) in [5.74, 6) is -1.25. The van der Waals surface area contributed by atoms with Crippen molar-refractivity contribution < 1.29 is 19.0 Å². The van der Waals surface area contributed by atoms with Crippen LogP contribution in [0, 0.1) is 11.6 Å². The van der Waals surface area contributed by atoms with Crippen LogP contribution in [0.4, 0.5) is 14.5 Å². The minimum absolute atomic E-state index is 0.191. The van der Waals surface area contributed by atoms with Crippen LogP contribution < -0.4 is 10.6 Å². The number of phenols is 1. The monoisotopic (exact) mass is 511 g/mol. The van der Waals surface area contributed by atoms with Crippen LogP contribution in [0.5, 0.6) is 5.75 Å². The molecular formula is C27H24ClF2N3O3. The van der Waals surface area contributed by atoms with Gasteiger partial charge < -0.3 is 19.7 Å². The molecule has 0 aliphatic carbocycles. The van der Waals surface area contributed by atoms with Gasteiger partial charge in [-0.25, -0.2) is 13.6 Å². The molecule has 2 N–H and O–H groups in total. The van der Waals surface area contributed by atoms with Crippen molar-refractivity contribution >= 4 is 17.3 Å². The van der Waals surface area contributed by atoms with Gasteiger partial charge in [0.05, 0.1) is 22.0 Å². The van der Waals surface area contributed by atoms with E-state index in [0.717, 1.165) is 0 Å². The molecule has 2 heterocycles. The molecule has 0 unspecified atom stereocenters. The van der Waals surface area contributed by atoms with Gasteiger partial charge in [0.15, 0.2) is 0 Å². The average Bonchev–Trinajstić information content (AvgIpc) is 3.36.